The van der Waals surface area contributed by atoms with E-state index in [4.69, 9.17) is 11.6 Å². The average molecular weight is 337 g/mol. The molecule has 1 unspecified atom stereocenters. The maximum atomic E-state index is 9.58. The molecule has 2 aromatic heterocycles. The zero-order chi connectivity index (χ0) is 16.8. The highest BCUT2D eigenvalue weighted by Crippen LogP contribution is 2.25. The van der Waals surface area contributed by atoms with Gasteiger partial charge in [0, 0.05) is 44.2 Å². The van der Waals surface area contributed by atoms with Crippen molar-refractivity contribution in [1.29, 1.82) is 0 Å². The van der Waals surface area contributed by atoms with Gasteiger partial charge in [-0.3, -0.25) is 9.67 Å². The summed E-state index contributed by atoms with van der Waals surface area (Å²) in [6, 6.07) is 5.85. The van der Waals surface area contributed by atoms with E-state index in [0.29, 0.717) is 24.2 Å². The van der Waals surface area contributed by atoms with Crippen molar-refractivity contribution < 1.29 is 5.11 Å². The number of aliphatic hydroxyl groups excluding tert-OH is 1. The minimum absolute atomic E-state index is 0.126. The molecular weight excluding hydrogens is 312 g/mol. The van der Waals surface area contributed by atoms with Crippen LogP contribution in [0.1, 0.15) is 36.7 Å². The number of hydrogen-bond acceptors (Lipinski definition) is 4. The Labute approximate surface area is 142 Å². The maximum Gasteiger partial charge on any atom is 0.131 e. The number of aryl methyl sites for hydroxylation is 1. The van der Waals surface area contributed by atoms with Crippen molar-refractivity contribution in [3.8, 4) is 0 Å². The molecule has 1 atom stereocenters. The van der Waals surface area contributed by atoms with Crippen LogP contribution in [-0.2, 0) is 20.0 Å². The zero-order valence-corrected chi connectivity index (χ0v) is 14.7. The highest BCUT2D eigenvalue weighted by atomic mass is 35.5. The minimum Gasteiger partial charge on any atom is -0.396 e. The van der Waals surface area contributed by atoms with Gasteiger partial charge in [0.2, 0.25) is 0 Å². The highest BCUT2D eigenvalue weighted by molar-refractivity contribution is 6.30. The molecule has 126 valence electrons. The van der Waals surface area contributed by atoms with Crippen molar-refractivity contribution in [3.05, 3.63) is 46.5 Å². The lowest BCUT2D eigenvalue weighted by atomic mass is 10.0. The Morgan fingerprint density at radius 2 is 2.13 bits per heavy atom. The van der Waals surface area contributed by atoms with Gasteiger partial charge in [-0.2, -0.15) is 5.10 Å². The van der Waals surface area contributed by atoms with Gasteiger partial charge >= 0.3 is 0 Å². The number of nitrogens with zero attached hydrogens (tertiary/aromatic N) is 3. The lowest BCUT2D eigenvalue weighted by Crippen LogP contribution is -2.27. The molecule has 6 heteroatoms. The smallest absolute Gasteiger partial charge is 0.131 e. The fourth-order valence-corrected chi connectivity index (χ4v) is 2.81. The van der Waals surface area contributed by atoms with Gasteiger partial charge in [0.05, 0.1) is 5.69 Å². The number of aliphatic hydroxyl groups is 1. The summed E-state index contributed by atoms with van der Waals surface area (Å²) in [6.07, 6.45) is 2.53. The van der Waals surface area contributed by atoms with E-state index in [-0.39, 0.29) is 12.5 Å². The van der Waals surface area contributed by atoms with E-state index in [1.807, 2.05) is 25.2 Å². The summed E-state index contributed by atoms with van der Waals surface area (Å²) < 4.78 is 1.71. The Morgan fingerprint density at radius 3 is 2.74 bits per heavy atom. The second-order valence-electron chi connectivity index (χ2n) is 6.14. The Hall–Kier alpha value is -1.43. The van der Waals surface area contributed by atoms with E-state index in [0.717, 1.165) is 23.4 Å². The first-order valence-corrected chi connectivity index (χ1v) is 8.33. The minimum atomic E-state index is 0.126. The van der Waals surface area contributed by atoms with Crippen LogP contribution in [0.5, 0.6) is 0 Å². The van der Waals surface area contributed by atoms with Crippen LogP contribution in [0.2, 0.25) is 5.15 Å². The summed E-state index contributed by atoms with van der Waals surface area (Å²) in [5, 5.41) is 18.1. The monoisotopic (exact) mass is 336 g/mol. The van der Waals surface area contributed by atoms with E-state index >= 15 is 0 Å². The third kappa shape index (κ3) is 4.77. The van der Waals surface area contributed by atoms with Gasteiger partial charge in [0.25, 0.3) is 0 Å². The van der Waals surface area contributed by atoms with Crippen LogP contribution in [0.25, 0.3) is 0 Å². The predicted molar refractivity (Wildman–Crippen MR) is 92.5 cm³/mol. The van der Waals surface area contributed by atoms with Crippen molar-refractivity contribution in [2.45, 2.75) is 32.7 Å². The second kappa shape index (κ2) is 8.43. The second-order valence-corrected chi connectivity index (χ2v) is 6.50. The Morgan fingerprint density at radius 1 is 1.35 bits per heavy atom. The fourth-order valence-electron chi connectivity index (χ4n) is 2.61. The summed E-state index contributed by atoms with van der Waals surface area (Å²) in [4.78, 5) is 4.31. The first kappa shape index (κ1) is 17.9. The zero-order valence-electron chi connectivity index (χ0n) is 14.0. The topological polar surface area (TPSA) is 63.0 Å². The largest absolute Gasteiger partial charge is 0.396 e. The predicted octanol–water partition coefficient (Wildman–Crippen LogP) is 2.53. The first-order chi connectivity index (χ1) is 11.0. The molecule has 0 radical (unpaired) electrons. The van der Waals surface area contributed by atoms with Crippen molar-refractivity contribution in [2.75, 3.05) is 13.2 Å². The van der Waals surface area contributed by atoms with Crippen molar-refractivity contribution in [1.82, 2.24) is 20.1 Å². The van der Waals surface area contributed by atoms with Crippen LogP contribution in [0.15, 0.2) is 24.4 Å². The first-order valence-electron chi connectivity index (χ1n) is 7.95. The molecular formula is C17H25ClN4O. The molecule has 0 aliphatic heterocycles. The average Bonchev–Trinajstić information content (AvgIpc) is 2.83. The SMILES string of the molecule is CC(C)c1nn(C)c(Cl)c1CNCC(CO)Cc1ccccn1. The van der Waals surface area contributed by atoms with Gasteiger partial charge in [-0.15, -0.1) is 0 Å². The molecule has 0 fully saturated rings. The molecule has 0 bridgehead atoms. The fraction of sp³-hybridized carbons (Fsp3) is 0.529. The molecule has 2 N–H and O–H groups in total. The Bertz CT molecular complexity index is 613. The Balaban J connectivity index is 1.93. The number of nitrogens with one attached hydrogen (secondary N) is 1. The molecule has 0 amide bonds. The van der Waals surface area contributed by atoms with E-state index in [1.165, 1.54) is 0 Å². The molecule has 5 nitrogen and oxygen atoms in total. The summed E-state index contributed by atoms with van der Waals surface area (Å²) in [5.74, 6) is 0.454. The molecule has 0 spiro atoms. The lowest BCUT2D eigenvalue weighted by Gasteiger charge is -2.15. The molecule has 2 rings (SSSR count). The molecule has 0 saturated carbocycles. The molecule has 0 aromatic carbocycles. The highest BCUT2D eigenvalue weighted by Gasteiger charge is 2.17. The van der Waals surface area contributed by atoms with Crippen LogP contribution in [0, 0.1) is 5.92 Å². The summed E-state index contributed by atoms with van der Waals surface area (Å²) in [6.45, 7) is 5.70. The lowest BCUT2D eigenvalue weighted by molar-refractivity contribution is 0.220. The van der Waals surface area contributed by atoms with Crippen molar-refractivity contribution >= 4 is 11.6 Å². The number of halogens is 1. The molecule has 0 aliphatic carbocycles. The van der Waals surface area contributed by atoms with Crippen molar-refractivity contribution in [3.63, 3.8) is 0 Å². The summed E-state index contributed by atoms with van der Waals surface area (Å²) in [5.41, 5.74) is 3.06. The van der Waals surface area contributed by atoms with Gasteiger partial charge in [-0.25, -0.2) is 0 Å². The number of pyridine rings is 1. The number of aromatic nitrogens is 3. The normalized spacial score (nSPS) is 12.8. The quantitative estimate of drug-likeness (QED) is 0.777. The molecule has 2 aromatic rings. The van der Waals surface area contributed by atoms with Gasteiger partial charge in [-0.05, 0) is 30.4 Å². The molecule has 23 heavy (non-hydrogen) atoms. The van der Waals surface area contributed by atoms with Gasteiger partial charge in [-0.1, -0.05) is 31.5 Å². The van der Waals surface area contributed by atoms with Crippen LogP contribution < -0.4 is 5.32 Å². The van der Waals surface area contributed by atoms with Crippen LogP contribution in [-0.4, -0.2) is 33.0 Å². The maximum absolute atomic E-state index is 9.58. The number of rotatable bonds is 8. The van der Waals surface area contributed by atoms with E-state index in [1.54, 1.807) is 10.9 Å². The molecule has 0 saturated heterocycles. The van der Waals surface area contributed by atoms with E-state index in [9.17, 15) is 5.11 Å². The van der Waals surface area contributed by atoms with Gasteiger partial charge < -0.3 is 10.4 Å². The van der Waals surface area contributed by atoms with E-state index in [2.05, 4.69) is 29.2 Å². The van der Waals surface area contributed by atoms with Crippen LogP contribution >= 0.6 is 11.6 Å². The van der Waals surface area contributed by atoms with Crippen LogP contribution in [0.4, 0.5) is 0 Å². The summed E-state index contributed by atoms with van der Waals surface area (Å²) >= 11 is 6.34. The molecule has 0 aliphatic rings. The van der Waals surface area contributed by atoms with Crippen molar-refractivity contribution in [2.24, 2.45) is 13.0 Å². The Kier molecular flexibility index (Phi) is 6.57. The number of hydrogen-bond donors (Lipinski definition) is 2. The van der Waals surface area contributed by atoms with Crippen LogP contribution in [0.3, 0.4) is 0 Å². The standard InChI is InChI=1S/C17H25ClN4O/c1-12(2)16-15(17(18)22(3)21-16)10-19-9-13(11-23)8-14-6-4-5-7-20-14/h4-7,12-13,19,23H,8-11H2,1-3H3. The van der Waals surface area contributed by atoms with E-state index < -0.39 is 0 Å². The molecule has 2 heterocycles. The van der Waals surface area contributed by atoms with Gasteiger partial charge in [0.15, 0.2) is 0 Å². The van der Waals surface area contributed by atoms with Gasteiger partial charge in [0.1, 0.15) is 5.15 Å². The third-order valence-electron chi connectivity index (χ3n) is 3.86. The summed E-state index contributed by atoms with van der Waals surface area (Å²) in [7, 11) is 1.86. The third-order valence-corrected chi connectivity index (χ3v) is 4.34.